The molecule has 0 aliphatic carbocycles. The number of para-hydroxylation sites is 1. The molecule has 2 aromatic rings. The standard InChI is InChI=1S/C15H13ClN2O4/c1-10(15(19)17-14-5-3-2-4-13(14)16)22-12-8-6-11(7-9-12)18(20)21/h2-10H,1H3,(H,17,19). The van der Waals surface area contributed by atoms with E-state index in [9.17, 15) is 14.9 Å². The van der Waals surface area contributed by atoms with Crippen molar-refractivity contribution >= 4 is 28.9 Å². The number of amides is 1. The summed E-state index contributed by atoms with van der Waals surface area (Å²) < 4.78 is 5.45. The Morgan fingerprint density at radius 1 is 1.23 bits per heavy atom. The van der Waals surface area contributed by atoms with Gasteiger partial charge in [-0.15, -0.1) is 0 Å². The minimum atomic E-state index is -0.780. The van der Waals surface area contributed by atoms with Crippen molar-refractivity contribution in [3.63, 3.8) is 0 Å². The Balaban J connectivity index is 1.99. The van der Waals surface area contributed by atoms with Gasteiger partial charge in [0.1, 0.15) is 5.75 Å². The van der Waals surface area contributed by atoms with Crippen molar-refractivity contribution in [2.24, 2.45) is 0 Å². The Labute approximate surface area is 131 Å². The molecule has 1 amide bonds. The van der Waals surface area contributed by atoms with Crippen LogP contribution in [0.25, 0.3) is 0 Å². The lowest BCUT2D eigenvalue weighted by Gasteiger charge is -2.15. The summed E-state index contributed by atoms with van der Waals surface area (Å²) in [4.78, 5) is 22.1. The maximum Gasteiger partial charge on any atom is 0.269 e. The minimum Gasteiger partial charge on any atom is -0.481 e. The number of nitrogens with zero attached hydrogens (tertiary/aromatic N) is 1. The molecule has 0 aliphatic rings. The number of hydrogen-bond acceptors (Lipinski definition) is 4. The van der Waals surface area contributed by atoms with Crippen LogP contribution in [0, 0.1) is 10.1 Å². The number of carbonyl (C=O) groups excluding carboxylic acids is 1. The first-order chi connectivity index (χ1) is 10.5. The summed E-state index contributed by atoms with van der Waals surface area (Å²) in [6, 6.07) is 12.4. The topological polar surface area (TPSA) is 81.5 Å². The molecule has 0 aliphatic heterocycles. The van der Waals surface area contributed by atoms with Crippen LogP contribution >= 0.6 is 11.6 Å². The van der Waals surface area contributed by atoms with Crippen LogP contribution in [0.5, 0.6) is 5.75 Å². The van der Waals surface area contributed by atoms with Crippen molar-refractivity contribution in [2.45, 2.75) is 13.0 Å². The number of non-ortho nitro benzene ring substituents is 1. The van der Waals surface area contributed by atoms with E-state index in [0.29, 0.717) is 16.5 Å². The molecule has 0 radical (unpaired) electrons. The molecule has 1 unspecified atom stereocenters. The third kappa shape index (κ3) is 3.95. The summed E-state index contributed by atoms with van der Waals surface area (Å²) >= 11 is 5.96. The predicted octanol–water partition coefficient (Wildman–Crippen LogP) is 3.65. The van der Waals surface area contributed by atoms with E-state index in [0.717, 1.165) is 0 Å². The third-order valence-electron chi connectivity index (χ3n) is 2.86. The fourth-order valence-electron chi connectivity index (χ4n) is 1.70. The van der Waals surface area contributed by atoms with Gasteiger partial charge >= 0.3 is 0 Å². The first-order valence-electron chi connectivity index (χ1n) is 6.44. The average molecular weight is 321 g/mol. The third-order valence-corrected chi connectivity index (χ3v) is 3.19. The van der Waals surface area contributed by atoms with Gasteiger partial charge in [-0.2, -0.15) is 0 Å². The molecule has 0 saturated heterocycles. The van der Waals surface area contributed by atoms with Crippen LogP contribution in [0.15, 0.2) is 48.5 Å². The fourth-order valence-corrected chi connectivity index (χ4v) is 1.88. The van der Waals surface area contributed by atoms with Crippen molar-refractivity contribution in [1.82, 2.24) is 0 Å². The summed E-state index contributed by atoms with van der Waals surface area (Å²) in [5.41, 5.74) is 0.453. The summed E-state index contributed by atoms with van der Waals surface area (Å²) in [5, 5.41) is 13.7. The van der Waals surface area contributed by atoms with Gasteiger partial charge in [0.15, 0.2) is 6.10 Å². The molecule has 7 heteroatoms. The molecular formula is C15H13ClN2O4. The molecule has 0 bridgehead atoms. The number of hydrogen-bond donors (Lipinski definition) is 1. The second kappa shape index (κ2) is 6.91. The Morgan fingerprint density at radius 3 is 2.45 bits per heavy atom. The normalized spacial score (nSPS) is 11.5. The van der Waals surface area contributed by atoms with Crippen molar-refractivity contribution < 1.29 is 14.5 Å². The highest BCUT2D eigenvalue weighted by Gasteiger charge is 2.16. The van der Waals surface area contributed by atoms with Crippen molar-refractivity contribution in [2.75, 3.05) is 5.32 Å². The number of nitrogens with one attached hydrogen (secondary N) is 1. The van der Waals surface area contributed by atoms with Gasteiger partial charge in [0.25, 0.3) is 11.6 Å². The van der Waals surface area contributed by atoms with Gasteiger partial charge in [0.05, 0.1) is 15.6 Å². The summed E-state index contributed by atoms with van der Waals surface area (Å²) in [7, 11) is 0. The molecule has 0 aromatic heterocycles. The fraction of sp³-hybridized carbons (Fsp3) is 0.133. The highest BCUT2D eigenvalue weighted by Crippen LogP contribution is 2.22. The van der Waals surface area contributed by atoms with Crippen molar-refractivity contribution in [1.29, 1.82) is 0 Å². The van der Waals surface area contributed by atoms with Crippen LogP contribution in [0.4, 0.5) is 11.4 Å². The van der Waals surface area contributed by atoms with Crippen LogP contribution in [0.1, 0.15) is 6.92 Å². The van der Waals surface area contributed by atoms with Crippen molar-refractivity contribution in [3.05, 3.63) is 63.7 Å². The Hall–Kier alpha value is -2.60. The number of ether oxygens (including phenoxy) is 1. The lowest BCUT2D eigenvalue weighted by atomic mass is 10.3. The van der Waals surface area contributed by atoms with E-state index in [2.05, 4.69) is 5.32 Å². The molecule has 1 N–H and O–H groups in total. The van der Waals surface area contributed by atoms with Gasteiger partial charge < -0.3 is 10.1 Å². The quantitative estimate of drug-likeness (QED) is 0.673. The number of rotatable bonds is 5. The molecular weight excluding hydrogens is 308 g/mol. The molecule has 0 heterocycles. The number of benzene rings is 2. The molecule has 6 nitrogen and oxygen atoms in total. The summed E-state index contributed by atoms with van der Waals surface area (Å²) in [5.74, 6) is -0.00105. The molecule has 114 valence electrons. The van der Waals surface area contributed by atoms with E-state index in [1.807, 2.05) is 0 Å². The molecule has 2 aromatic carbocycles. The largest absolute Gasteiger partial charge is 0.481 e. The highest BCUT2D eigenvalue weighted by atomic mass is 35.5. The zero-order chi connectivity index (χ0) is 16.1. The van der Waals surface area contributed by atoms with Gasteiger partial charge in [-0.25, -0.2) is 0 Å². The number of carbonyl (C=O) groups is 1. The second-order valence-corrected chi connectivity index (χ2v) is 4.89. The Morgan fingerprint density at radius 2 is 1.86 bits per heavy atom. The Kier molecular flexibility index (Phi) is 4.95. The SMILES string of the molecule is CC(Oc1ccc([N+](=O)[O-])cc1)C(=O)Nc1ccccc1Cl. The minimum absolute atomic E-state index is 0.0412. The summed E-state index contributed by atoms with van der Waals surface area (Å²) in [6.07, 6.45) is -0.780. The molecule has 2 rings (SSSR count). The van der Waals surface area contributed by atoms with Crippen molar-refractivity contribution in [3.8, 4) is 5.75 Å². The maximum absolute atomic E-state index is 12.0. The Bertz CT molecular complexity index is 688. The molecule has 1 atom stereocenters. The number of nitro benzene ring substituents is 1. The zero-order valence-electron chi connectivity index (χ0n) is 11.7. The van der Waals surface area contributed by atoms with E-state index < -0.39 is 11.0 Å². The molecule has 22 heavy (non-hydrogen) atoms. The van der Waals surface area contributed by atoms with Crippen LogP contribution in [0.3, 0.4) is 0 Å². The highest BCUT2D eigenvalue weighted by molar-refractivity contribution is 6.33. The van der Waals surface area contributed by atoms with E-state index in [1.165, 1.54) is 24.3 Å². The van der Waals surface area contributed by atoms with Crippen LogP contribution in [-0.4, -0.2) is 16.9 Å². The van der Waals surface area contributed by atoms with E-state index >= 15 is 0 Å². The van der Waals surface area contributed by atoms with Crippen LogP contribution in [0.2, 0.25) is 5.02 Å². The van der Waals surface area contributed by atoms with Gasteiger partial charge in [-0.3, -0.25) is 14.9 Å². The summed E-state index contributed by atoms with van der Waals surface area (Å²) in [6.45, 7) is 1.58. The molecule has 0 fully saturated rings. The first-order valence-corrected chi connectivity index (χ1v) is 6.81. The average Bonchev–Trinajstić information content (AvgIpc) is 2.50. The lowest BCUT2D eigenvalue weighted by Crippen LogP contribution is -2.30. The van der Waals surface area contributed by atoms with Gasteiger partial charge in [-0.1, -0.05) is 23.7 Å². The lowest BCUT2D eigenvalue weighted by molar-refractivity contribution is -0.384. The first kappa shape index (κ1) is 15.8. The smallest absolute Gasteiger partial charge is 0.269 e. The second-order valence-electron chi connectivity index (χ2n) is 4.48. The number of nitro groups is 1. The van der Waals surface area contributed by atoms with E-state index in [1.54, 1.807) is 31.2 Å². The molecule has 0 saturated carbocycles. The van der Waals surface area contributed by atoms with Crippen LogP contribution in [-0.2, 0) is 4.79 Å². The monoisotopic (exact) mass is 320 g/mol. The molecule has 0 spiro atoms. The van der Waals surface area contributed by atoms with Gasteiger partial charge in [-0.05, 0) is 31.2 Å². The van der Waals surface area contributed by atoms with E-state index in [-0.39, 0.29) is 11.6 Å². The zero-order valence-corrected chi connectivity index (χ0v) is 12.4. The van der Waals surface area contributed by atoms with Gasteiger partial charge in [0, 0.05) is 12.1 Å². The predicted molar refractivity (Wildman–Crippen MR) is 83.3 cm³/mol. The number of halogens is 1. The van der Waals surface area contributed by atoms with Gasteiger partial charge in [0.2, 0.25) is 0 Å². The maximum atomic E-state index is 12.0. The number of anilines is 1. The van der Waals surface area contributed by atoms with Crippen LogP contribution < -0.4 is 10.1 Å². The van der Waals surface area contributed by atoms with E-state index in [4.69, 9.17) is 16.3 Å².